The van der Waals surface area contributed by atoms with Crippen LogP contribution in [0.1, 0.15) is 57.1 Å². The summed E-state index contributed by atoms with van der Waals surface area (Å²) in [5.74, 6) is 0.686. The second-order valence-electron chi connectivity index (χ2n) is 6.78. The summed E-state index contributed by atoms with van der Waals surface area (Å²) in [7, 11) is 0. The minimum atomic E-state index is 0.256. The minimum Gasteiger partial charge on any atom is -0.472 e. The Hall–Kier alpha value is -2.03. The molecule has 2 rings (SSSR count). The predicted octanol–water partition coefficient (Wildman–Crippen LogP) is 5.76. The van der Waals surface area contributed by atoms with E-state index in [-0.39, 0.29) is 5.78 Å². The van der Waals surface area contributed by atoms with Crippen molar-refractivity contribution in [3.8, 4) is 0 Å². The number of aryl methyl sites for hydroxylation is 2. The lowest BCUT2D eigenvalue weighted by Crippen LogP contribution is -2.04. The standard InChI is InChI=1S/C21H28O3/c1-17(5-3-7-19-9-11-23-15-19)13-21(22)14-18(2)6-4-8-20-10-12-24-16-20/h9-13,15-16,18H,3-8,14H2,1-2H3/b17-13-. The largest absolute Gasteiger partial charge is 0.472 e. The van der Waals surface area contributed by atoms with Crippen LogP contribution >= 0.6 is 0 Å². The smallest absolute Gasteiger partial charge is 0.155 e. The molecule has 2 aromatic rings. The van der Waals surface area contributed by atoms with Gasteiger partial charge in [-0.25, -0.2) is 0 Å². The molecule has 0 N–H and O–H groups in total. The number of ketones is 1. The maximum Gasteiger partial charge on any atom is 0.155 e. The SMILES string of the molecule is C/C(=C/C(=O)CC(C)CCCc1ccoc1)CCCc1ccoc1. The number of furan rings is 2. The highest BCUT2D eigenvalue weighted by atomic mass is 16.3. The van der Waals surface area contributed by atoms with Crippen LogP contribution in [0.25, 0.3) is 0 Å². The normalized spacial score (nSPS) is 13.2. The third-order valence-electron chi connectivity index (χ3n) is 4.32. The number of hydrogen-bond donors (Lipinski definition) is 0. The Balaban J connectivity index is 1.61. The van der Waals surface area contributed by atoms with Crippen molar-refractivity contribution in [3.63, 3.8) is 0 Å². The first-order valence-corrected chi connectivity index (χ1v) is 8.85. The fourth-order valence-corrected chi connectivity index (χ4v) is 2.95. The van der Waals surface area contributed by atoms with Gasteiger partial charge in [-0.2, -0.15) is 0 Å². The molecule has 3 nitrogen and oxygen atoms in total. The molecule has 1 unspecified atom stereocenters. The van der Waals surface area contributed by atoms with Crippen LogP contribution in [0.15, 0.2) is 57.7 Å². The molecular formula is C21H28O3. The quantitative estimate of drug-likeness (QED) is 0.492. The van der Waals surface area contributed by atoms with E-state index in [2.05, 4.69) is 13.8 Å². The number of carbonyl (C=O) groups excluding carboxylic acids is 1. The Bertz CT molecular complexity index is 606. The van der Waals surface area contributed by atoms with Crippen LogP contribution in [-0.4, -0.2) is 5.78 Å². The average molecular weight is 328 g/mol. The molecule has 24 heavy (non-hydrogen) atoms. The Morgan fingerprint density at radius 2 is 1.71 bits per heavy atom. The summed E-state index contributed by atoms with van der Waals surface area (Å²) in [6.45, 7) is 4.21. The Morgan fingerprint density at radius 1 is 1.08 bits per heavy atom. The minimum absolute atomic E-state index is 0.256. The van der Waals surface area contributed by atoms with Crippen molar-refractivity contribution in [2.45, 2.75) is 58.8 Å². The van der Waals surface area contributed by atoms with Gasteiger partial charge in [0.1, 0.15) is 0 Å². The molecule has 3 heteroatoms. The molecule has 0 saturated carbocycles. The van der Waals surface area contributed by atoms with Gasteiger partial charge in [0, 0.05) is 6.42 Å². The van der Waals surface area contributed by atoms with Gasteiger partial charge in [0.05, 0.1) is 25.1 Å². The third kappa shape index (κ3) is 7.03. The topological polar surface area (TPSA) is 43.4 Å². The van der Waals surface area contributed by atoms with Crippen LogP contribution in [0.4, 0.5) is 0 Å². The van der Waals surface area contributed by atoms with E-state index in [1.807, 2.05) is 18.2 Å². The van der Waals surface area contributed by atoms with E-state index in [4.69, 9.17) is 8.83 Å². The zero-order valence-corrected chi connectivity index (χ0v) is 14.8. The lowest BCUT2D eigenvalue weighted by molar-refractivity contribution is -0.115. The van der Waals surface area contributed by atoms with E-state index in [1.54, 1.807) is 25.1 Å². The van der Waals surface area contributed by atoms with Gasteiger partial charge >= 0.3 is 0 Å². The molecule has 2 aromatic heterocycles. The highest BCUT2D eigenvalue weighted by Gasteiger charge is 2.08. The molecule has 0 amide bonds. The van der Waals surface area contributed by atoms with Gasteiger partial charge in [-0.05, 0) is 80.7 Å². The number of carbonyl (C=O) groups is 1. The second kappa shape index (κ2) is 9.96. The molecule has 0 aromatic carbocycles. The van der Waals surface area contributed by atoms with Crippen molar-refractivity contribution in [2.75, 3.05) is 0 Å². The molecule has 0 aliphatic carbocycles. The van der Waals surface area contributed by atoms with E-state index in [0.29, 0.717) is 12.3 Å². The highest BCUT2D eigenvalue weighted by Crippen LogP contribution is 2.16. The van der Waals surface area contributed by atoms with Crippen molar-refractivity contribution in [2.24, 2.45) is 5.92 Å². The molecule has 1 atom stereocenters. The summed E-state index contributed by atoms with van der Waals surface area (Å²) < 4.78 is 10.1. The zero-order valence-electron chi connectivity index (χ0n) is 14.8. The van der Waals surface area contributed by atoms with Crippen LogP contribution < -0.4 is 0 Å². The number of hydrogen-bond acceptors (Lipinski definition) is 3. The fourth-order valence-electron chi connectivity index (χ4n) is 2.95. The van der Waals surface area contributed by atoms with Crippen molar-refractivity contribution >= 4 is 5.78 Å². The maximum absolute atomic E-state index is 12.1. The van der Waals surface area contributed by atoms with E-state index in [0.717, 1.165) is 38.5 Å². The molecule has 0 saturated heterocycles. The first-order valence-electron chi connectivity index (χ1n) is 8.85. The van der Waals surface area contributed by atoms with Crippen molar-refractivity contribution in [3.05, 3.63) is 60.0 Å². The predicted molar refractivity (Wildman–Crippen MR) is 95.8 cm³/mol. The van der Waals surface area contributed by atoms with Gasteiger partial charge in [-0.3, -0.25) is 4.79 Å². The molecule has 130 valence electrons. The first-order chi connectivity index (χ1) is 11.6. The fraction of sp³-hybridized carbons (Fsp3) is 0.476. The van der Waals surface area contributed by atoms with Crippen LogP contribution in [0.3, 0.4) is 0 Å². The zero-order chi connectivity index (χ0) is 17.2. The monoisotopic (exact) mass is 328 g/mol. The molecular weight excluding hydrogens is 300 g/mol. The summed E-state index contributed by atoms with van der Waals surface area (Å²) in [5, 5.41) is 0. The molecule has 0 fully saturated rings. The van der Waals surface area contributed by atoms with Crippen LogP contribution in [-0.2, 0) is 17.6 Å². The maximum atomic E-state index is 12.1. The molecule has 0 bridgehead atoms. The van der Waals surface area contributed by atoms with E-state index >= 15 is 0 Å². The van der Waals surface area contributed by atoms with Gasteiger partial charge in [0.25, 0.3) is 0 Å². The van der Waals surface area contributed by atoms with Gasteiger partial charge in [-0.15, -0.1) is 0 Å². The molecule has 0 spiro atoms. The number of allylic oxidation sites excluding steroid dienone is 2. The van der Waals surface area contributed by atoms with Crippen molar-refractivity contribution < 1.29 is 13.6 Å². The molecule has 2 heterocycles. The molecule has 0 radical (unpaired) electrons. The highest BCUT2D eigenvalue weighted by molar-refractivity contribution is 5.90. The Kier molecular flexibility index (Phi) is 7.60. The van der Waals surface area contributed by atoms with Crippen molar-refractivity contribution in [1.29, 1.82) is 0 Å². The average Bonchev–Trinajstić information content (AvgIpc) is 3.20. The first kappa shape index (κ1) is 18.3. The lowest BCUT2D eigenvalue weighted by Gasteiger charge is -2.09. The van der Waals surface area contributed by atoms with E-state index in [1.165, 1.54) is 16.7 Å². The summed E-state index contributed by atoms with van der Waals surface area (Å²) in [5.41, 5.74) is 3.64. The van der Waals surface area contributed by atoms with Gasteiger partial charge in [0.15, 0.2) is 5.78 Å². The van der Waals surface area contributed by atoms with E-state index in [9.17, 15) is 4.79 Å². The van der Waals surface area contributed by atoms with Crippen LogP contribution in [0, 0.1) is 5.92 Å². The van der Waals surface area contributed by atoms with Crippen LogP contribution in [0.5, 0.6) is 0 Å². The van der Waals surface area contributed by atoms with Gasteiger partial charge in [0.2, 0.25) is 0 Å². The van der Waals surface area contributed by atoms with Crippen molar-refractivity contribution in [1.82, 2.24) is 0 Å². The molecule has 0 aliphatic heterocycles. The second-order valence-corrected chi connectivity index (χ2v) is 6.78. The Morgan fingerprint density at radius 3 is 2.29 bits per heavy atom. The third-order valence-corrected chi connectivity index (χ3v) is 4.32. The molecule has 0 aliphatic rings. The van der Waals surface area contributed by atoms with Gasteiger partial charge in [-0.1, -0.05) is 12.5 Å². The summed E-state index contributed by atoms with van der Waals surface area (Å²) in [4.78, 5) is 12.1. The summed E-state index contributed by atoms with van der Waals surface area (Å²) >= 11 is 0. The Labute approximate surface area is 144 Å². The summed E-state index contributed by atoms with van der Waals surface area (Å²) in [6, 6.07) is 4.00. The number of rotatable bonds is 11. The van der Waals surface area contributed by atoms with E-state index < -0.39 is 0 Å². The summed E-state index contributed by atoms with van der Waals surface area (Å²) in [6.07, 6.45) is 15.7. The van der Waals surface area contributed by atoms with Gasteiger partial charge < -0.3 is 8.83 Å². The van der Waals surface area contributed by atoms with Crippen LogP contribution in [0.2, 0.25) is 0 Å². The lowest BCUT2D eigenvalue weighted by atomic mass is 9.96.